The first-order chi connectivity index (χ1) is 9.84. The van der Waals surface area contributed by atoms with Gasteiger partial charge in [0.15, 0.2) is 6.34 Å². The predicted molar refractivity (Wildman–Crippen MR) is 84.4 cm³/mol. The fraction of sp³-hybridized carbons (Fsp3) is 0.0556. The van der Waals surface area contributed by atoms with Gasteiger partial charge in [-0.2, -0.15) is 0 Å². The molecule has 0 saturated heterocycles. The molecule has 0 unspecified atom stereocenters. The van der Waals surface area contributed by atoms with Crippen molar-refractivity contribution >= 4 is 34.2 Å². The standard InChI is InChI=1S/C18H13N2/c1-13-6-2-3-10-16(13)20-12-19-15-9-4-7-14-8-5-11-17(20)18(14)15/h2-11H,1H3. The van der Waals surface area contributed by atoms with E-state index >= 15 is 0 Å². The van der Waals surface area contributed by atoms with E-state index in [4.69, 9.17) is 0 Å². The minimum Gasteiger partial charge on any atom is -0.291 e. The van der Waals surface area contributed by atoms with Gasteiger partial charge in [-0.25, -0.2) is 4.99 Å². The molecule has 0 fully saturated rings. The van der Waals surface area contributed by atoms with Crippen molar-refractivity contribution in [2.75, 3.05) is 4.90 Å². The van der Waals surface area contributed by atoms with Gasteiger partial charge in [-0.15, -0.1) is 0 Å². The van der Waals surface area contributed by atoms with E-state index in [0.717, 1.165) is 17.1 Å². The summed E-state index contributed by atoms with van der Waals surface area (Å²) in [5.74, 6) is 0. The van der Waals surface area contributed by atoms with Crippen LogP contribution in [0.2, 0.25) is 0 Å². The van der Waals surface area contributed by atoms with Gasteiger partial charge in [-0.1, -0.05) is 42.5 Å². The van der Waals surface area contributed by atoms with Gasteiger partial charge in [0.05, 0.1) is 17.1 Å². The SMILES string of the molecule is Cc1ccccc1N1[C]=Nc2cccc3cccc1c23. The molecule has 0 saturated carbocycles. The number of aliphatic imine (C=N–C) groups is 1. The first-order valence-corrected chi connectivity index (χ1v) is 6.68. The molecule has 1 heterocycles. The van der Waals surface area contributed by atoms with Crippen LogP contribution in [0.4, 0.5) is 17.1 Å². The van der Waals surface area contributed by atoms with Gasteiger partial charge in [-0.3, -0.25) is 4.90 Å². The molecular weight excluding hydrogens is 244 g/mol. The fourth-order valence-corrected chi connectivity index (χ4v) is 2.74. The lowest BCUT2D eigenvalue weighted by Crippen LogP contribution is -2.17. The Kier molecular flexibility index (Phi) is 2.36. The molecule has 0 bridgehead atoms. The van der Waals surface area contributed by atoms with Gasteiger partial charge in [0.25, 0.3) is 0 Å². The first kappa shape index (κ1) is 11.2. The maximum atomic E-state index is 4.49. The minimum absolute atomic E-state index is 0.989. The number of hydrogen-bond acceptors (Lipinski definition) is 2. The van der Waals surface area contributed by atoms with Gasteiger partial charge in [0.1, 0.15) is 0 Å². The molecule has 0 N–H and O–H groups in total. The first-order valence-electron chi connectivity index (χ1n) is 6.68. The summed E-state index contributed by atoms with van der Waals surface area (Å²) < 4.78 is 0. The Labute approximate surface area is 118 Å². The van der Waals surface area contributed by atoms with Crippen LogP contribution in [-0.4, -0.2) is 6.34 Å². The van der Waals surface area contributed by atoms with Crippen molar-refractivity contribution in [3.8, 4) is 0 Å². The second kappa shape index (κ2) is 4.20. The molecule has 0 aliphatic carbocycles. The lowest BCUT2D eigenvalue weighted by molar-refractivity contribution is 1.31. The van der Waals surface area contributed by atoms with Gasteiger partial charge < -0.3 is 0 Å². The lowest BCUT2D eigenvalue weighted by Gasteiger charge is -2.25. The Balaban J connectivity index is 2.01. The topological polar surface area (TPSA) is 15.6 Å². The predicted octanol–water partition coefficient (Wildman–Crippen LogP) is 4.84. The van der Waals surface area contributed by atoms with Crippen LogP contribution in [0.1, 0.15) is 5.56 Å². The highest BCUT2D eigenvalue weighted by Gasteiger charge is 2.18. The van der Waals surface area contributed by atoms with Crippen LogP contribution >= 0.6 is 0 Å². The van der Waals surface area contributed by atoms with E-state index in [1.807, 2.05) is 23.1 Å². The quantitative estimate of drug-likeness (QED) is 0.609. The molecule has 2 heteroatoms. The van der Waals surface area contributed by atoms with Gasteiger partial charge >= 0.3 is 0 Å². The third kappa shape index (κ3) is 1.55. The van der Waals surface area contributed by atoms with E-state index in [1.54, 1.807) is 0 Å². The largest absolute Gasteiger partial charge is 0.291 e. The van der Waals surface area contributed by atoms with Crippen molar-refractivity contribution in [1.82, 2.24) is 0 Å². The summed E-state index contributed by atoms with van der Waals surface area (Å²) in [6.45, 7) is 2.11. The number of benzene rings is 3. The second-order valence-corrected chi connectivity index (χ2v) is 4.99. The summed E-state index contributed by atoms with van der Waals surface area (Å²) in [5, 5.41) is 2.40. The molecule has 4 rings (SSSR count). The minimum atomic E-state index is 0.989. The van der Waals surface area contributed by atoms with Gasteiger partial charge in [0.2, 0.25) is 0 Å². The van der Waals surface area contributed by atoms with Crippen LogP contribution in [-0.2, 0) is 0 Å². The average Bonchev–Trinajstić information content (AvgIpc) is 2.49. The number of anilines is 2. The monoisotopic (exact) mass is 257 g/mol. The van der Waals surface area contributed by atoms with Crippen molar-refractivity contribution in [2.45, 2.75) is 6.92 Å². The van der Waals surface area contributed by atoms with E-state index < -0.39 is 0 Å². The molecule has 0 aromatic heterocycles. The summed E-state index contributed by atoms with van der Waals surface area (Å²) >= 11 is 0. The van der Waals surface area contributed by atoms with E-state index in [0.29, 0.717) is 0 Å². The zero-order valence-electron chi connectivity index (χ0n) is 11.2. The molecular formula is C18H13N2. The maximum Gasteiger partial charge on any atom is 0.182 e. The zero-order valence-corrected chi connectivity index (χ0v) is 11.2. The number of nitrogens with zero attached hydrogens (tertiary/aromatic N) is 2. The van der Waals surface area contributed by atoms with Crippen molar-refractivity contribution < 1.29 is 0 Å². The molecule has 2 nitrogen and oxygen atoms in total. The summed E-state index contributed by atoms with van der Waals surface area (Å²) in [4.78, 5) is 6.53. The maximum absolute atomic E-state index is 4.49. The Morgan fingerprint density at radius 1 is 0.850 bits per heavy atom. The molecule has 1 aliphatic heterocycles. The summed E-state index contributed by atoms with van der Waals surface area (Å²) in [7, 11) is 0. The highest BCUT2D eigenvalue weighted by molar-refractivity contribution is 6.12. The molecule has 1 radical (unpaired) electrons. The van der Waals surface area contributed by atoms with Crippen molar-refractivity contribution in [3.63, 3.8) is 0 Å². The highest BCUT2D eigenvalue weighted by atomic mass is 15.2. The molecule has 0 atom stereocenters. The molecule has 3 aromatic rings. The highest BCUT2D eigenvalue weighted by Crippen LogP contribution is 2.40. The van der Waals surface area contributed by atoms with Crippen LogP contribution < -0.4 is 4.90 Å². The molecule has 1 aliphatic rings. The van der Waals surface area contributed by atoms with E-state index in [1.165, 1.54) is 16.3 Å². The van der Waals surface area contributed by atoms with Crippen molar-refractivity contribution in [3.05, 3.63) is 66.2 Å². The number of rotatable bonds is 1. The molecule has 0 spiro atoms. The van der Waals surface area contributed by atoms with E-state index in [2.05, 4.69) is 60.7 Å². The van der Waals surface area contributed by atoms with Gasteiger partial charge in [-0.05, 0) is 36.1 Å². The molecule has 0 amide bonds. The Hall–Kier alpha value is -2.61. The summed E-state index contributed by atoms with van der Waals surface area (Å²) in [5.41, 5.74) is 4.47. The summed E-state index contributed by atoms with van der Waals surface area (Å²) in [6.07, 6.45) is 3.15. The van der Waals surface area contributed by atoms with Crippen molar-refractivity contribution in [1.29, 1.82) is 0 Å². The molecule has 3 aromatic carbocycles. The zero-order chi connectivity index (χ0) is 13.5. The van der Waals surface area contributed by atoms with Crippen LogP contribution in [0.5, 0.6) is 0 Å². The molecule has 20 heavy (non-hydrogen) atoms. The Morgan fingerprint density at radius 3 is 2.45 bits per heavy atom. The third-order valence-electron chi connectivity index (χ3n) is 3.73. The van der Waals surface area contributed by atoms with Crippen LogP contribution in [0, 0.1) is 6.92 Å². The van der Waals surface area contributed by atoms with Crippen molar-refractivity contribution in [2.24, 2.45) is 4.99 Å². The van der Waals surface area contributed by atoms with Crippen LogP contribution in [0.25, 0.3) is 10.8 Å². The fourth-order valence-electron chi connectivity index (χ4n) is 2.74. The summed E-state index contributed by atoms with van der Waals surface area (Å²) in [6, 6.07) is 20.8. The number of hydrogen-bond donors (Lipinski definition) is 0. The third-order valence-corrected chi connectivity index (χ3v) is 3.73. The second-order valence-electron chi connectivity index (χ2n) is 4.99. The number of para-hydroxylation sites is 1. The Bertz CT molecular complexity index is 828. The van der Waals surface area contributed by atoms with E-state index in [-0.39, 0.29) is 0 Å². The Morgan fingerprint density at radius 2 is 1.60 bits per heavy atom. The smallest absolute Gasteiger partial charge is 0.182 e. The van der Waals surface area contributed by atoms with E-state index in [9.17, 15) is 0 Å². The number of aryl methyl sites for hydroxylation is 1. The normalized spacial score (nSPS) is 12.9. The average molecular weight is 257 g/mol. The van der Waals surface area contributed by atoms with Gasteiger partial charge in [0, 0.05) is 5.39 Å². The molecule has 95 valence electrons. The van der Waals surface area contributed by atoms with Crippen LogP contribution in [0.15, 0.2) is 65.7 Å². The van der Waals surface area contributed by atoms with Crippen LogP contribution in [0.3, 0.4) is 0 Å². The lowest BCUT2D eigenvalue weighted by atomic mass is 10.0.